The maximum Gasteiger partial charge on any atom is 0.311 e. The summed E-state index contributed by atoms with van der Waals surface area (Å²) >= 11 is 0. The molecule has 3 aliphatic carbocycles. The fourth-order valence-electron chi connectivity index (χ4n) is 6.92. The van der Waals surface area contributed by atoms with Crippen molar-refractivity contribution in [3.8, 4) is 0 Å². The zero-order chi connectivity index (χ0) is 22.3. The Kier molecular flexibility index (Phi) is 6.44. The van der Waals surface area contributed by atoms with Crippen LogP contribution in [0.1, 0.15) is 52.9 Å². The fraction of sp³-hybridized carbons (Fsp3) is 0.783. The lowest BCUT2D eigenvalue weighted by atomic mass is 9.42. The van der Waals surface area contributed by atoms with Crippen LogP contribution in [0.4, 0.5) is 0 Å². The largest absolute Gasteiger partial charge is 0.469 e. The Bertz CT molecular complexity index is 748. The minimum atomic E-state index is -1.22. The number of esters is 1. The Morgan fingerprint density at radius 1 is 1.30 bits per heavy atom. The van der Waals surface area contributed by atoms with Gasteiger partial charge in [-0.05, 0) is 49.9 Å². The number of rotatable bonds is 4. The molecule has 168 valence electrons. The minimum Gasteiger partial charge on any atom is -0.469 e. The molecule has 0 aliphatic heterocycles. The van der Waals surface area contributed by atoms with Crippen LogP contribution in [-0.4, -0.2) is 54.2 Å². The van der Waals surface area contributed by atoms with Gasteiger partial charge < -0.3 is 20.3 Å². The van der Waals surface area contributed by atoms with Crippen LogP contribution < -0.4 is 5.32 Å². The normalized spacial score (nSPS) is 42.3. The molecular weight excluding hydrogens is 386 g/mol. The standard InChI is InChI=1S/C23H35NO6/c1-13-14(12-16(26)24-10-11-25)6-7-15-17(13)18(27)19(28)20-22(15,2)8-5-9-23(20,3)21(29)30-4/h12-13,15,17,19-20,25,28H,5-11H2,1-4H3,(H,24,26)/b14-12+/t13-,15-,17-,19-,20+,22+,23-/m0/s1. The number of carbonyl (C=O) groups excluding carboxylic acids is 3. The van der Waals surface area contributed by atoms with E-state index >= 15 is 0 Å². The van der Waals surface area contributed by atoms with Crippen molar-refractivity contribution in [2.24, 2.45) is 34.5 Å². The first-order chi connectivity index (χ1) is 14.1. The number of methoxy groups -OCH3 is 1. The number of nitrogens with one attached hydrogen (secondary N) is 1. The van der Waals surface area contributed by atoms with Gasteiger partial charge in [0.1, 0.15) is 6.10 Å². The van der Waals surface area contributed by atoms with Gasteiger partial charge in [-0.25, -0.2) is 0 Å². The molecule has 7 heteroatoms. The van der Waals surface area contributed by atoms with E-state index in [-0.39, 0.29) is 54.0 Å². The minimum absolute atomic E-state index is 0.0512. The summed E-state index contributed by atoms with van der Waals surface area (Å²) in [5.41, 5.74) is -0.329. The highest BCUT2D eigenvalue weighted by Crippen LogP contribution is 2.64. The fourth-order valence-corrected chi connectivity index (χ4v) is 6.92. The zero-order valence-electron chi connectivity index (χ0n) is 18.4. The van der Waals surface area contributed by atoms with Gasteiger partial charge in [-0.2, -0.15) is 0 Å². The van der Waals surface area contributed by atoms with E-state index in [1.165, 1.54) is 7.11 Å². The summed E-state index contributed by atoms with van der Waals surface area (Å²) in [6.07, 6.45) is 4.09. The van der Waals surface area contributed by atoms with Gasteiger partial charge in [-0.3, -0.25) is 14.4 Å². The Hall–Kier alpha value is -1.73. The van der Waals surface area contributed by atoms with E-state index in [1.54, 1.807) is 6.08 Å². The molecule has 0 radical (unpaired) electrons. The maximum absolute atomic E-state index is 13.4. The van der Waals surface area contributed by atoms with Gasteiger partial charge in [0.25, 0.3) is 0 Å². The third-order valence-corrected chi connectivity index (χ3v) is 8.27. The summed E-state index contributed by atoms with van der Waals surface area (Å²) in [5, 5.41) is 22.7. The third-order valence-electron chi connectivity index (χ3n) is 8.27. The molecule has 3 fully saturated rings. The molecular formula is C23H35NO6. The van der Waals surface area contributed by atoms with Crippen LogP contribution in [0.3, 0.4) is 0 Å². The van der Waals surface area contributed by atoms with E-state index in [1.807, 2.05) is 13.8 Å². The number of carbonyl (C=O) groups is 3. The predicted octanol–water partition coefficient (Wildman–Crippen LogP) is 1.61. The molecule has 0 unspecified atom stereocenters. The summed E-state index contributed by atoms with van der Waals surface area (Å²) in [4.78, 5) is 38.2. The quantitative estimate of drug-likeness (QED) is 0.470. The Labute approximate surface area is 178 Å². The number of Topliss-reactive ketones (excluding diaryl/α,β-unsaturated/α-hetero) is 1. The average Bonchev–Trinajstić information content (AvgIpc) is 2.71. The van der Waals surface area contributed by atoms with Crippen molar-refractivity contribution in [2.75, 3.05) is 20.3 Å². The average molecular weight is 422 g/mol. The number of amides is 1. The van der Waals surface area contributed by atoms with Gasteiger partial charge in [0, 0.05) is 24.5 Å². The van der Waals surface area contributed by atoms with Gasteiger partial charge in [0.15, 0.2) is 5.78 Å². The highest BCUT2D eigenvalue weighted by Gasteiger charge is 2.66. The molecule has 0 aromatic heterocycles. The molecule has 3 saturated carbocycles. The molecule has 3 rings (SSSR count). The first kappa shape index (κ1) is 22.9. The van der Waals surface area contributed by atoms with E-state index in [0.29, 0.717) is 12.8 Å². The molecule has 30 heavy (non-hydrogen) atoms. The second-order valence-corrected chi connectivity index (χ2v) is 9.79. The first-order valence-electron chi connectivity index (χ1n) is 11.0. The van der Waals surface area contributed by atoms with Gasteiger partial charge in [0.05, 0.1) is 19.1 Å². The van der Waals surface area contributed by atoms with Crippen molar-refractivity contribution < 1.29 is 29.3 Å². The van der Waals surface area contributed by atoms with Crippen molar-refractivity contribution in [3.05, 3.63) is 11.6 Å². The highest BCUT2D eigenvalue weighted by molar-refractivity contribution is 5.91. The van der Waals surface area contributed by atoms with Crippen molar-refractivity contribution in [3.63, 3.8) is 0 Å². The molecule has 7 nitrogen and oxygen atoms in total. The van der Waals surface area contributed by atoms with Gasteiger partial charge in [-0.1, -0.05) is 25.8 Å². The zero-order valence-corrected chi connectivity index (χ0v) is 18.4. The number of aliphatic hydroxyl groups is 2. The smallest absolute Gasteiger partial charge is 0.311 e. The van der Waals surface area contributed by atoms with Crippen LogP contribution in [-0.2, 0) is 19.1 Å². The summed E-state index contributed by atoms with van der Waals surface area (Å²) in [5.74, 6) is -1.78. The number of hydrogen-bond acceptors (Lipinski definition) is 6. The van der Waals surface area contributed by atoms with Crippen molar-refractivity contribution in [2.45, 2.75) is 59.0 Å². The number of hydrogen-bond donors (Lipinski definition) is 3. The number of ether oxygens (including phenoxy) is 1. The summed E-state index contributed by atoms with van der Waals surface area (Å²) in [7, 11) is 1.36. The van der Waals surface area contributed by atoms with Gasteiger partial charge >= 0.3 is 5.97 Å². The SMILES string of the molecule is COC(=O)[C@@]1(C)CCC[C@@]2(C)[C@H]1[C@@H](O)C(=O)[C@H]1[C@@H](C)/C(=C/C(=O)NCCO)CC[C@@H]12. The molecule has 0 spiro atoms. The van der Waals surface area contributed by atoms with Crippen LogP contribution in [0.25, 0.3) is 0 Å². The Morgan fingerprint density at radius 3 is 2.63 bits per heavy atom. The van der Waals surface area contributed by atoms with E-state index in [4.69, 9.17) is 9.84 Å². The van der Waals surface area contributed by atoms with E-state index in [0.717, 1.165) is 24.8 Å². The second kappa shape index (κ2) is 8.42. The number of fused-ring (bicyclic) bond motifs is 3. The van der Waals surface area contributed by atoms with E-state index in [9.17, 15) is 19.5 Å². The maximum atomic E-state index is 13.4. The molecule has 0 heterocycles. The summed E-state index contributed by atoms with van der Waals surface area (Å²) in [6.45, 7) is 5.98. The molecule has 0 aromatic carbocycles. The van der Waals surface area contributed by atoms with E-state index in [2.05, 4.69) is 12.2 Å². The van der Waals surface area contributed by atoms with Crippen LogP contribution in [0.5, 0.6) is 0 Å². The molecule has 3 aliphatic rings. The van der Waals surface area contributed by atoms with Gasteiger partial charge in [0.2, 0.25) is 5.91 Å². The van der Waals surface area contributed by atoms with Gasteiger partial charge in [-0.15, -0.1) is 0 Å². The lowest BCUT2D eigenvalue weighted by Gasteiger charge is -2.61. The van der Waals surface area contributed by atoms with Crippen molar-refractivity contribution in [1.29, 1.82) is 0 Å². The monoisotopic (exact) mass is 421 g/mol. The third kappa shape index (κ3) is 3.50. The predicted molar refractivity (Wildman–Crippen MR) is 110 cm³/mol. The van der Waals surface area contributed by atoms with Crippen molar-refractivity contribution >= 4 is 17.7 Å². The molecule has 0 aromatic rings. The summed E-state index contributed by atoms with van der Waals surface area (Å²) in [6, 6.07) is 0. The molecule has 7 atom stereocenters. The lowest BCUT2D eigenvalue weighted by Crippen LogP contribution is -2.65. The Morgan fingerprint density at radius 2 is 2.00 bits per heavy atom. The van der Waals surface area contributed by atoms with Crippen LogP contribution in [0, 0.1) is 34.5 Å². The first-order valence-corrected chi connectivity index (χ1v) is 11.0. The molecule has 0 bridgehead atoms. The number of allylic oxidation sites excluding steroid dienone is 1. The molecule has 0 saturated heterocycles. The molecule has 1 amide bonds. The van der Waals surface area contributed by atoms with Crippen molar-refractivity contribution in [1.82, 2.24) is 5.32 Å². The van der Waals surface area contributed by atoms with Crippen LogP contribution >= 0.6 is 0 Å². The number of aliphatic hydroxyl groups excluding tert-OH is 2. The lowest BCUT2D eigenvalue weighted by molar-refractivity contribution is -0.198. The second-order valence-electron chi connectivity index (χ2n) is 9.79. The van der Waals surface area contributed by atoms with E-state index < -0.39 is 17.4 Å². The highest BCUT2D eigenvalue weighted by atomic mass is 16.5. The van der Waals surface area contributed by atoms with Crippen LogP contribution in [0.15, 0.2) is 11.6 Å². The number of ketones is 1. The summed E-state index contributed by atoms with van der Waals surface area (Å²) < 4.78 is 5.09. The Balaban J connectivity index is 1.95. The topological polar surface area (TPSA) is 113 Å². The molecule has 3 N–H and O–H groups in total. The van der Waals surface area contributed by atoms with Crippen LogP contribution in [0.2, 0.25) is 0 Å².